The van der Waals surface area contributed by atoms with Crippen LogP contribution in [0.2, 0.25) is 0 Å². The number of ether oxygens (including phenoxy) is 2. The summed E-state index contributed by atoms with van der Waals surface area (Å²) >= 11 is 0. The molecule has 0 saturated heterocycles. The first-order chi connectivity index (χ1) is 8.54. The Labute approximate surface area is 105 Å². The van der Waals surface area contributed by atoms with Gasteiger partial charge in [0.05, 0.1) is 24.9 Å². The predicted octanol–water partition coefficient (Wildman–Crippen LogP) is 2.47. The third kappa shape index (κ3) is 4.43. The minimum Gasteiger partial charge on any atom is -0.478 e. The fourth-order valence-corrected chi connectivity index (χ4v) is 1.39. The van der Waals surface area contributed by atoms with Crippen molar-refractivity contribution in [3.8, 4) is 0 Å². The van der Waals surface area contributed by atoms with Crippen molar-refractivity contribution in [1.29, 1.82) is 0 Å². The molecule has 0 fully saturated rings. The molecule has 0 bridgehead atoms. The van der Waals surface area contributed by atoms with Crippen LogP contribution in [0.4, 0.5) is 4.39 Å². The second-order valence-corrected chi connectivity index (χ2v) is 3.90. The van der Waals surface area contributed by atoms with E-state index in [0.29, 0.717) is 18.8 Å². The van der Waals surface area contributed by atoms with E-state index in [1.807, 2.05) is 13.8 Å². The van der Waals surface area contributed by atoms with E-state index < -0.39 is 11.8 Å². The molecule has 0 amide bonds. The highest BCUT2D eigenvalue weighted by Crippen LogP contribution is 2.12. The minimum atomic E-state index is -1.27. The van der Waals surface area contributed by atoms with Crippen LogP contribution in [0.1, 0.15) is 29.8 Å². The molecular formula is C13H17FO4. The fraction of sp³-hybridized carbons (Fsp3) is 0.462. The highest BCUT2D eigenvalue weighted by molar-refractivity contribution is 5.87. The maximum atomic E-state index is 13.4. The summed E-state index contributed by atoms with van der Waals surface area (Å²) in [5, 5.41) is 8.68. The standard InChI is InChI=1S/C13H17FO4/c1-3-17-7-9(2)18-8-10-4-5-11(13(15)16)12(14)6-10/h4-6,9H,3,7-8H2,1-2H3,(H,15,16). The largest absolute Gasteiger partial charge is 0.478 e. The lowest BCUT2D eigenvalue weighted by atomic mass is 10.1. The predicted molar refractivity (Wildman–Crippen MR) is 64.1 cm³/mol. The van der Waals surface area contributed by atoms with Gasteiger partial charge in [0, 0.05) is 6.61 Å². The number of halogens is 1. The summed E-state index contributed by atoms with van der Waals surface area (Å²) in [6.45, 7) is 5.08. The van der Waals surface area contributed by atoms with E-state index in [1.54, 1.807) is 6.07 Å². The van der Waals surface area contributed by atoms with Gasteiger partial charge in [0.1, 0.15) is 5.82 Å². The van der Waals surface area contributed by atoms with Crippen molar-refractivity contribution < 1.29 is 23.8 Å². The molecule has 0 aromatic heterocycles. The molecule has 1 rings (SSSR count). The van der Waals surface area contributed by atoms with Gasteiger partial charge in [-0.2, -0.15) is 0 Å². The average Bonchev–Trinajstić information content (AvgIpc) is 2.33. The Morgan fingerprint density at radius 1 is 1.50 bits per heavy atom. The van der Waals surface area contributed by atoms with Crippen LogP contribution >= 0.6 is 0 Å². The molecule has 0 aliphatic rings. The monoisotopic (exact) mass is 256 g/mol. The van der Waals surface area contributed by atoms with Crippen LogP contribution < -0.4 is 0 Å². The van der Waals surface area contributed by atoms with Crippen molar-refractivity contribution >= 4 is 5.97 Å². The fourth-order valence-electron chi connectivity index (χ4n) is 1.39. The first-order valence-electron chi connectivity index (χ1n) is 5.75. The number of rotatable bonds is 7. The lowest BCUT2D eigenvalue weighted by molar-refractivity contribution is -0.0117. The van der Waals surface area contributed by atoms with E-state index >= 15 is 0 Å². The van der Waals surface area contributed by atoms with Gasteiger partial charge in [-0.3, -0.25) is 0 Å². The molecule has 0 spiro atoms. The first kappa shape index (κ1) is 14.6. The van der Waals surface area contributed by atoms with Crippen LogP contribution in [0.5, 0.6) is 0 Å². The van der Waals surface area contributed by atoms with E-state index in [-0.39, 0.29) is 18.3 Å². The lowest BCUT2D eigenvalue weighted by Crippen LogP contribution is -2.16. The Morgan fingerprint density at radius 3 is 2.78 bits per heavy atom. The highest BCUT2D eigenvalue weighted by Gasteiger charge is 2.11. The van der Waals surface area contributed by atoms with Crippen molar-refractivity contribution in [2.45, 2.75) is 26.6 Å². The molecule has 0 saturated carbocycles. The molecule has 1 N–H and O–H groups in total. The second kappa shape index (κ2) is 7.08. The molecule has 18 heavy (non-hydrogen) atoms. The Balaban J connectivity index is 2.53. The summed E-state index contributed by atoms with van der Waals surface area (Å²) in [4.78, 5) is 10.6. The van der Waals surface area contributed by atoms with Crippen molar-refractivity contribution in [2.24, 2.45) is 0 Å². The Bertz CT molecular complexity index is 406. The highest BCUT2D eigenvalue weighted by atomic mass is 19.1. The SMILES string of the molecule is CCOCC(C)OCc1ccc(C(=O)O)c(F)c1. The zero-order valence-corrected chi connectivity index (χ0v) is 10.5. The molecule has 5 heteroatoms. The average molecular weight is 256 g/mol. The quantitative estimate of drug-likeness (QED) is 0.814. The van der Waals surface area contributed by atoms with Crippen LogP contribution in [-0.4, -0.2) is 30.4 Å². The molecule has 4 nitrogen and oxygen atoms in total. The van der Waals surface area contributed by atoms with Crippen molar-refractivity contribution in [2.75, 3.05) is 13.2 Å². The number of benzene rings is 1. The number of carboxylic acid groups (broad SMARTS) is 1. The maximum Gasteiger partial charge on any atom is 0.338 e. The third-order valence-corrected chi connectivity index (χ3v) is 2.36. The van der Waals surface area contributed by atoms with Crippen LogP contribution in [-0.2, 0) is 16.1 Å². The van der Waals surface area contributed by atoms with Gasteiger partial charge < -0.3 is 14.6 Å². The van der Waals surface area contributed by atoms with Gasteiger partial charge in [-0.05, 0) is 31.5 Å². The van der Waals surface area contributed by atoms with Gasteiger partial charge in [-0.25, -0.2) is 9.18 Å². The first-order valence-corrected chi connectivity index (χ1v) is 5.75. The van der Waals surface area contributed by atoms with Crippen LogP contribution in [0.3, 0.4) is 0 Å². The van der Waals surface area contributed by atoms with E-state index in [4.69, 9.17) is 14.6 Å². The van der Waals surface area contributed by atoms with Gasteiger partial charge >= 0.3 is 5.97 Å². The molecule has 0 heterocycles. The molecule has 0 aliphatic carbocycles. The molecule has 0 aliphatic heterocycles. The van der Waals surface area contributed by atoms with Gasteiger partial charge in [-0.15, -0.1) is 0 Å². The number of aromatic carboxylic acids is 1. The molecule has 1 aromatic rings. The molecule has 0 radical (unpaired) electrons. The van der Waals surface area contributed by atoms with Crippen molar-refractivity contribution in [3.63, 3.8) is 0 Å². The van der Waals surface area contributed by atoms with Crippen LogP contribution in [0, 0.1) is 5.82 Å². The summed E-state index contributed by atoms with van der Waals surface area (Å²) in [5.41, 5.74) is 0.266. The van der Waals surface area contributed by atoms with Crippen LogP contribution in [0.25, 0.3) is 0 Å². The Kier molecular flexibility index (Phi) is 5.74. The summed E-state index contributed by atoms with van der Waals surface area (Å²) in [5.74, 6) is -2.02. The van der Waals surface area contributed by atoms with E-state index in [9.17, 15) is 9.18 Å². The zero-order chi connectivity index (χ0) is 13.5. The lowest BCUT2D eigenvalue weighted by Gasteiger charge is -2.13. The molecule has 1 unspecified atom stereocenters. The summed E-state index contributed by atoms with van der Waals surface area (Å²) in [6.07, 6.45) is -0.0906. The second-order valence-electron chi connectivity index (χ2n) is 3.90. The molecule has 1 aromatic carbocycles. The van der Waals surface area contributed by atoms with E-state index in [0.717, 1.165) is 0 Å². The van der Waals surface area contributed by atoms with Crippen molar-refractivity contribution in [3.05, 3.63) is 35.1 Å². The Morgan fingerprint density at radius 2 is 2.22 bits per heavy atom. The van der Waals surface area contributed by atoms with E-state index in [1.165, 1.54) is 12.1 Å². The summed E-state index contributed by atoms with van der Waals surface area (Å²) < 4.78 is 24.0. The molecule has 1 atom stereocenters. The number of carboxylic acids is 1. The normalized spacial score (nSPS) is 12.4. The minimum absolute atomic E-state index is 0.0906. The van der Waals surface area contributed by atoms with Crippen LogP contribution in [0.15, 0.2) is 18.2 Å². The number of hydrogen-bond donors (Lipinski definition) is 1. The maximum absolute atomic E-state index is 13.4. The molecular weight excluding hydrogens is 239 g/mol. The number of hydrogen-bond acceptors (Lipinski definition) is 3. The topological polar surface area (TPSA) is 55.8 Å². The smallest absolute Gasteiger partial charge is 0.338 e. The zero-order valence-electron chi connectivity index (χ0n) is 10.5. The summed E-state index contributed by atoms with van der Waals surface area (Å²) in [7, 11) is 0. The van der Waals surface area contributed by atoms with Gasteiger partial charge in [0.15, 0.2) is 0 Å². The number of carbonyl (C=O) groups is 1. The Hall–Kier alpha value is -1.46. The van der Waals surface area contributed by atoms with Gasteiger partial charge in [0.25, 0.3) is 0 Å². The van der Waals surface area contributed by atoms with E-state index in [2.05, 4.69) is 0 Å². The molecule has 100 valence electrons. The van der Waals surface area contributed by atoms with Gasteiger partial charge in [0.2, 0.25) is 0 Å². The van der Waals surface area contributed by atoms with Gasteiger partial charge in [-0.1, -0.05) is 6.07 Å². The summed E-state index contributed by atoms with van der Waals surface area (Å²) in [6, 6.07) is 3.96. The van der Waals surface area contributed by atoms with Crippen molar-refractivity contribution in [1.82, 2.24) is 0 Å². The third-order valence-electron chi connectivity index (χ3n) is 2.36.